The van der Waals surface area contributed by atoms with Crippen LogP contribution < -0.4 is 10.9 Å². The highest BCUT2D eigenvalue weighted by molar-refractivity contribution is 6.06. The molecule has 1 N–H and O–H groups in total. The number of fused-ring (bicyclic) bond motifs is 1. The van der Waals surface area contributed by atoms with E-state index in [-0.39, 0.29) is 16.9 Å². The summed E-state index contributed by atoms with van der Waals surface area (Å²) in [6.45, 7) is 1.70. The summed E-state index contributed by atoms with van der Waals surface area (Å²) in [6, 6.07) is 12.6. The van der Waals surface area contributed by atoms with Gasteiger partial charge in [-0.1, -0.05) is 24.3 Å². The molecule has 0 aliphatic carbocycles. The highest BCUT2D eigenvalue weighted by Gasteiger charge is 2.19. The van der Waals surface area contributed by atoms with Crippen LogP contribution in [0.4, 0.5) is 11.4 Å². The Morgan fingerprint density at radius 3 is 2.67 bits per heavy atom. The van der Waals surface area contributed by atoms with Crippen LogP contribution in [-0.4, -0.2) is 10.8 Å². The predicted molar refractivity (Wildman–Crippen MR) is 88.3 cm³/mol. The van der Waals surface area contributed by atoms with Gasteiger partial charge in [0.15, 0.2) is 0 Å². The van der Waals surface area contributed by atoms with Crippen molar-refractivity contribution in [2.24, 2.45) is 0 Å². The Kier molecular flexibility index (Phi) is 3.83. The van der Waals surface area contributed by atoms with Crippen molar-refractivity contribution in [3.8, 4) is 0 Å². The smallest absolute Gasteiger partial charge is 0.349 e. The first-order chi connectivity index (χ1) is 11.5. The summed E-state index contributed by atoms with van der Waals surface area (Å²) in [7, 11) is 0. The monoisotopic (exact) mass is 324 g/mol. The van der Waals surface area contributed by atoms with Gasteiger partial charge in [0.05, 0.1) is 4.92 Å². The van der Waals surface area contributed by atoms with E-state index < -0.39 is 16.5 Å². The molecule has 24 heavy (non-hydrogen) atoms. The Morgan fingerprint density at radius 2 is 1.92 bits per heavy atom. The van der Waals surface area contributed by atoms with E-state index in [2.05, 4.69) is 5.32 Å². The number of nitro groups is 1. The van der Waals surface area contributed by atoms with E-state index >= 15 is 0 Å². The van der Waals surface area contributed by atoms with Gasteiger partial charge in [-0.05, 0) is 30.7 Å². The molecular formula is C17H12N2O5. The largest absolute Gasteiger partial charge is 0.422 e. The van der Waals surface area contributed by atoms with Crippen molar-refractivity contribution in [1.29, 1.82) is 0 Å². The number of nitrogens with one attached hydrogen (secondary N) is 1. The number of carbonyl (C=O) groups excluding carboxylic acids is 1. The van der Waals surface area contributed by atoms with Crippen LogP contribution in [-0.2, 0) is 0 Å². The molecule has 0 bridgehead atoms. The van der Waals surface area contributed by atoms with Crippen LogP contribution >= 0.6 is 0 Å². The van der Waals surface area contributed by atoms with Gasteiger partial charge < -0.3 is 9.73 Å². The van der Waals surface area contributed by atoms with Crippen LogP contribution in [0.2, 0.25) is 0 Å². The molecule has 0 saturated heterocycles. The Balaban J connectivity index is 2.01. The number of nitro benzene ring substituents is 1. The quantitative estimate of drug-likeness (QED) is 0.452. The van der Waals surface area contributed by atoms with Gasteiger partial charge in [-0.25, -0.2) is 4.79 Å². The number of nitrogens with zero attached hydrogens (tertiary/aromatic N) is 1. The molecule has 3 aromatic rings. The number of amides is 1. The first-order valence-electron chi connectivity index (χ1n) is 7.05. The first kappa shape index (κ1) is 15.4. The molecule has 0 spiro atoms. The van der Waals surface area contributed by atoms with Crippen LogP contribution in [0, 0.1) is 17.0 Å². The minimum absolute atomic E-state index is 0.0168. The van der Waals surface area contributed by atoms with Crippen molar-refractivity contribution in [3.05, 3.63) is 80.2 Å². The summed E-state index contributed by atoms with van der Waals surface area (Å²) >= 11 is 0. The van der Waals surface area contributed by atoms with Crippen molar-refractivity contribution in [3.63, 3.8) is 0 Å². The van der Waals surface area contributed by atoms with Crippen LogP contribution in [0.5, 0.6) is 0 Å². The van der Waals surface area contributed by atoms with Crippen molar-refractivity contribution in [2.75, 3.05) is 5.32 Å². The van der Waals surface area contributed by atoms with Gasteiger partial charge >= 0.3 is 5.63 Å². The zero-order chi connectivity index (χ0) is 17.3. The molecule has 0 saturated carbocycles. The summed E-state index contributed by atoms with van der Waals surface area (Å²) in [5.41, 5.74) is -0.202. The second-order valence-corrected chi connectivity index (χ2v) is 5.22. The summed E-state index contributed by atoms with van der Waals surface area (Å²) in [5, 5.41) is 14.1. The van der Waals surface area contributed by atoms with E-state index in [1.165, 1.54) is 18.2 Å². The minimum atomic E-state index is -0.805. The van der Waals surface area contributed by atoms with Gasteiger partial charge in [0.25, 0.3) is 11.6 Å². The Bertz CT molecular complexity index is 1020. The number of benzene rings is 2. The number of anilines is 1. The third-order valence-electron chi connectivity index (χ3n) is 3.48. The zero-order valence-corrected chi connectivity index (χ0v) is 12.6. The van der Waals surface area contributed by atoms with Crippen molar-refractivity contribution in [1.82, 2.24) is 0 Å². The fourth-order valence-corrected chi connectivity index (χ4v) is 2.31. The molecule has 0 aliphatic rings. The molecular weight excluding hydrogens is 312 g/mol. The van der Waals surface area contributed by atoms with E-state index in [9.17, 15) is 19.7 Å². The van der Waals surface area contributed by atoms with E-state index in [1.807, 2.05) is 0 Å². The lowest BCUT2D eigenvalue weighted by Gasteiger charge is -2.06. The maximum atomic E-state index is 12.3. The Hall–Kier alpha value is -3.48. The predicted octanol–water partition coefficient (Wildman–Crippen LogP) is 3.26. The summed E-state index contributed by atoms with van der Waals surface area (Å²) in [5.74, 6) is -0.763. The fraction of sp³-hybridized carbons (Fsp3) is 0.0588. The lowest BCUT2D eigenvalue weighted by atomic mass is 10.1. The third kappa shape index (κ3) is 2.87. The van der Waals surface area contributed by atoms with E-state index in [4.69, 9.17) is 4.42 Å². The SMILES string of the molecule is Cc1ccc(NC(=O)c2cc3ccccc3oc2=O)c([N+](=O)[O-])c1. The average molecular weight is 324 g/mol. The number of carbonyl (C=O) groups is 1. The molecule has 0 radical (unpaired) electrons. The highest BCUT2D eigenvalue weighted by Crippen LogP contribution is 2.25. The second kappa shape index (κ2) is 5.96. The molecule has 0 aliphatic heterocycles. The molecule has 3 rings (SSSR count). The second-order valence-electron chi connectivity index (χ2n) is 5.22. The molecule has 1 amide bonds. The normalized spacial score (nSPS) is 10.5. The maximum absolute atomic E-state index is 12.3. The summed E-state index contributed by atoms with van der Waals surface area (Å²) in [4.78, 5) is 34.8. The highest BCUT2D eigenvalue weighted by atomic mass is 16.6. The van der Waals surface area contributed by atoms with Crippen molar-refractivity contribution < 1.29 is 14.1 Å². The number of hydrogen-bond acceptors (Lipinski definition) is 5. The molecule has 120 valence electrons. The maximum Gasteiger partial charge on any atom is 0.349 e. The van der Waals surface area contributed by atoms with Gasteiger partial charge in [0, 0.05) is 11.5 Å². The molecule has 0 unspecified atom stereocenters. The standard InChI is InChI=1S/C17H12N2O5/c1-10-6-7-13(14(8-10)19(22)23)18-16(20)12-9-11-4-2-3-5-15(11)24-17(12)21/h2-9H,1H3,(H,18,20). The topological polar surface area (TPSA) is 102 Å². The molecule has 0 fully saturated rings. The minimum Gasteiger partial charge on any atom is -0.422 e. The molecule has 0 atom stereocenters. The molecule has 1 aromatic heterocycles. The van der Waals surface area contributed by atoms with E-state index in [0.29, 0.717) is 16.5 Å². The number of hydrogen-bond donors (Lipinski definition) is 1. The molecule has 2 aromatic carbocycles. The zero-order valence-electron chi connectivity index (χ0n) is 12.6. The van der Waals surface area contributed by atoms with E-state index in [1.54, 1.807) is 37.3 Å². The van der Waals surface area contributed by atoms with Crippen molar-refractivity contribution in [2.45, 2.75) is 6.92 Å². The Labute approximate surface area is 135 Å². The third-order valence-corrected chi connectivity index (χ3v) is 3.48. The van der Waals surface area contributed by atoms with Gasteiger partial charge in [-0.3, -0.25) is 14.9 Å². The van der Waals surface area contributed by atoms with Crippen LogP contribution in [0.3, 0.4) is 0 Å². The van der Waals surface area contributed by atoms with Gasteiger partial charge in [0.2, 0.25) is 0 Å². The number of rotatable bonds is 3. The lowest BCUT2D eigenvalue weighted by Crippen LogP contribution is -2.21. The number of aryl methyl sites for hydroxylation is 1. The Morgan fingerprint density at radius 1 is 1.17 bits per heavy atom. The van der Waals surface area contributed by atoms with Crippen LogP contribution in [0.25, 0.3) is 11.0 Å². The first-order valence-corrected chi connectivity index (χ1v) is 7.05. The van der Waals surface area contributed by atoms with Crippen molar-refractivity contribution >= 4 is 28.3 Å². The van der Waals surface area contributed by atoms with Gasteiger partial charge in [0.1, 0.15) is 16.8 Å². The van der Waals surface area contributed by atoms with Crippen LogP contribution in [0.1, 0.15) is 15.9 Å². The molecule has 7 nitrogen and oxygen atoms in total. The molecule has 7 heteroatoms. The van der Waals surface area contributed by atoms with Gasteiger partial charge in [-0.2, -0.15) is 0 Å². The lowest BCUT2D eigenvalue weighted by molar-refractivity contribution is -0.384. The van der Waals surface area contributed by atoms with Crippen LogP contribution in [0.15, 0.2) is 57.7 Å². The summed E-state index contributed by atoms with van der Waals surface area (Å²) < 4.78 is 5.10. The van der Waals surface area contributed by atoms with Gasteiger partial charge in [-0.15, -0.1) is 0 Å². The average Bonchev–Trinajstić information content (AvgIpc) is 2.55. The number of para-hydroxylation sites is 1. The fourth-order valence-electron chi connectivity index (χ4n) is 2.31. The molecule has 1 heterocycles. The summed E-state index contributed by atoms with van der Waals surface area (Å²) in [6.07, 6.45) is 0. The van der Waals surface area contributed by atoms with E-state index in [0.717, 1.165) is 0 Å².